The minimum absolute atomic E-state index is 0.169. The number of hydrogen-bond acceptors (Lipinski definition) is 5. The molecule has 0 fully saturated rings. The Hall–Kier alpha value is -2.78. The molecular formula is C15H12ClN5O3S. The molecule has 0 aliphatic rings. The molecule has 2 aromatic heterocycles. The van der Waals surface area contributed by atoms with Crippen molar-refractivity contribution in [2.45, 2.75) is 13.1 Å². The van der Waals surface area contributed by atoms with Crippen molar-refractivity contribution in [1.82, 2.24) is 14.3 Å². The van der Waals surface area contributed by atoms with Crippen LogP contribution in [0, 0.1) is 10.1 Å². The first-order chi connectivity index (χ1) is 12.0. The Labute approximate surface area is 150 Å². The summed E-state index contributed by atoms with van der Waals surface area (Å²) in [5.74, 6) is -0.758. The normalized spacial score (nSPS) is 11.6. The summed E-state index contributed by atoms with van der Waals surface area (Å²) >= 11 is 7.48. The largest absolute Gasteiger partial charge is 0.389 e. The van der Waals surface area contributed by atoms with Crippen LogP contribution < -0.4 is 4.80 Å². The SMILES string of the molecule is O=C(Cn1ccc([N+](=O)[O-])n1)N=c1sccn1Cc1ccccc1Cl. The van der Waals surface area contributed by atoms with E-state index >= 15 is 0 Å². The maximum Gasteiger partial charge on any atom is 0.389 e. The van der Waals surface area contributed by atoms with Crippen LogP contribution in [-0.4, -0.2) is 25.2 Å². The fraction of sp³-hybridized carbons (Fsp3) is 0.133. The molecule has 0 atom stereocenters. The standard InChI is InChI=1S/C15H12ClN5O3S/c16-12-4-2-1-3-11(12)9-19-7-8-25-15(19)17-14(22)10-20-6-5-13(18-20)21(23)24/h1-8H,9-10H2. The number of carbonyl (C=O) groups excluding carboxylic acids is 1. The number of hydrogen-bond donors (Lipinski definition) is 0. The van der Waals surface area contributed by atoms with Crippen molar-refractivity contribution in [3.63, 3.8) is 0 Å². The summed E-state index contributed by atoms with van der Waals surface area (Å²) in [6, 6.07) is 8.68. The highest BCUT2D eigenvalue weighted by atomic mass is 35.5. The van der Waals surface area contributed by atoms with Gasteiger partial charge in [-0.1, -0.05) is 29.8 Å². The number of thiazole rings is 1. The third-order valence-electron chi connectivity index (χ3n) is 3.29. The predicted molar refractivity (Wildman–Crippen MR) is 92.3 cm³/mol. The van der Waals surface area contributed by atoms with Crippen LogP contribution in [0.5, 0.6) is 0 Å². The lowest BCUT2D eigenvalue weighted by atomic mass is 10.2. The molecule has 0 spiro atoms. The van der Waals surface area contributed by atoms with Crippen molar-refractivity contribution in [2.75, 3.05) is 0 Å². The first kappa shape index (κ1) is 17.1. The summed E-state index contributed by atoms with van der Waals surface area (Å²) in [5, 5.41) is 16.8. The Morgan fingerprint density at radius 2 is 2.12 bits per heavy atom. The van der Waals surface area contributed by atoms with Gasteiger partial charge in [-0.05, 0) is 16.6 Å². The number of rotatable bonds is 5. The molecular weight excluding hydrogens is 366 g/mol. The lowest BCUT2D eigenvalue weighted by molar-refractivity contribution is -0.389. The molecule has 0 aliphatic heterocycles. The number of nitrogens with zero attached hydrogens (tertiary/aromatic N) is 5. The topological polar surface area (TPSA) is 95.3 Å². The van der Waals surface area contributed by atoms with E-state index in [0.717, 1.165) is 5.56 Å². The van der Waals surface area contributed by atoms with Gasteiger partial charge in [0.15, 0.2) is 4.80 Å². The van der Waals surface area contributed by atoms with Crippen LogP contribution in [0.3, 0.4) is 0 Å². The van der Waals surface area contributed by atoms with Gasteiger partial charge >= 0.3 is 5.82 Å². The summed E-state index contributed by atoms with van der Waals surface area (Å²) in [7, 11) is 0. The minimum Gasteiger partial charge on any atom is -0.358 e. The second kappa shape index (κ2) is 7.41. The Morgan fingerprint density at radius 1 is 1.32 bits per heavy atom. The number of aromatic nitrogens is 3. The predicted octanol–water partition coefficient (Wildman–Crippen LogP) is 2.48. The van der Waals surface area contributed by atoms with Gasteiger partial charge in [-0.3, -0.25) is 4.79 Å². The van der Waals surface area contributed by atoms with Crippen molar-refractivity contribution >= 4 is 34.7 Å². The molecule has 3 aromatic rings. The number of halogens is 1. The molecule has 1 amide bonds. The number of nitro groups is 1. The monoisotopic (exact) mass is 377 g/mol. The molecule has 10 heteroatoms. The van der Waals surface area contributed by atoms with Gasteiger partial charge in [0.2, 0.25) is 0 Å². The van der Waals surface area contributed by atoms with Crippen molar-refractivity contribution in [3.05, 3.63) is 73.6 Å². The Kier molecular flexibility index (Phi) is 5.05. The molecule has 0 saturated carbocycles. The molecule has 0 bridgehead atoms. The van der Waals surface area contributed by atoms with Crippen LogP contribution in [0.25, 0.3) is 0 Å². The van der Waals surface area contributed by atoms with E-state index in [1.165, 1.54) is 28.3 Å². The molecule has 0 aliphatic carbocycles. The molecule has 3 rings (SSSR count). The fourth-order valence-electron chi connectivity index (χ4n) is 2.13. The maximum absolute atomic E-state index is 12.1. The van der Waals surface area contributed by atoms with Crippen LogP contribution in [0.15, 0.2) is 53.1 Å². The fourth-order valence-corrected chi connectivity index (χ4v) is 3.07. The third-order valence-corrected chi connectivity index (χ3v) is 4.45. The Balaban J connectivity index is 1.77. The molecule has 25 heavy (non-hydrogen) atoms. The zero-order valence-corrected chi connectivity index (χ0v) is 14.4. The molecule has 0 saturated heterocycles. The van der Waals surface area contributed by atoms with Crippen molar-refractivity contribution in [3.8, 4) is 0 Å². The Morgan fingerprint density at radius 3 is 2.84 bits per heavy atom. The van der Waals surface area contributed by atoms with Crippen LogP contribution >= 0.6 is 22.9 Å². The zero-order valence-electron chi connectivity index (χ0n) is 12.8. The maximum atomic E-state index is 12.1. The second-order valence-corrected chi connectivity index (χ2v) is 6.32. The summed E-state index contributed by atoms with van der Waals surface area (Å²) < 4.78 is 3.01. The number of carbonyl (C=O) groups is 1. The van der Waals surface area contributed by atoms with Gasteiger partial charge in [0.05, 0.1) is 23.9 Å². The van der Waals surface area contributed by atoms with E-state index in [0.29, 0.717) is 16.4 Å². The Bertz CT molecular complexity index is 991. The highest BCUT2D eigenvalue weighted by Crippen LogP contribution is 2.15. The lowest BCUT2D eigenvalue weighted by Gasteiger charge is -2.05. The molecule has 1 aromatic carbocycles. The van der Waals surface area contributed by atoms with Crippen molar-refractivity contribution < 1.29 is 9.72 Å². The summed E-state index contributed by atoms with van der Waals surface area (Å²) in [5.41, 5.74) is 0.916. The van der Waals surface area contributed by atoms with Gasteiger partial charge in [-0.15, -0.1) is 11.3 Å². The van der Waals surface area contributed by atoms with Crippen LogP contribution in [-0.2, 0) is 17.9 Å². The molecule has 8 nitrogen and oxygen atoms in total. The molecule has 0 unspecified atom stereocenters. The summed E-state index contributed by atoms with van der Waals surface area (Å²) in [6.07, 6.45) is 3.19. The smallest absolute Gasteiger partial charge is 0.358 e. The van der Waals surface area contributed by atoms with E-state index in [9.17, 15) is 14.9 Å². The highest BCUT2D eigenvalue weighted by Gasteiger charge is 2.13. The first-order valence-corrected chi connectivity index (χ1v) is 8.41. The average molecular weight is 378 g/mol. The summed E-state index contributed by atoms with van der Waals surface area (Å²) in [6.45, 7) is 0.320. The first-order valence-electron chi connectivity index (χ1n) is 7.15. The molecule has 128 valence electrons. The van der Waals surface area contributed by atoms with Gasteiger partial charge in [-0.2, -0.15) is 9.67 Å². The van der Waals surface area contributed by atoms with E-state index in [1.54, 1.807) is 6.07 Å². The zero-order chi connectivity index (χ0) is 17.8. The van der Waals surface area contributed by atoms with Crippen LogP contribution in [0.1, 0.15) is 5.56 Å². The van der Waals surface area contributed by atoms with E-state index in [2.05, 4.69) is 10.1 Å². The quantitative estimate of drug-likeness (QED) is 0.504. The van der Waals surface area contributed by atoms with E-state index < -0.39 is 10.8 Å². The number of amides is 1. The lowest BCUT2D eigenvalue weighted by Crippen LogP contribution is -2.19. The summed E-state index contributed by atoms with van der Waals surface area (Å²) in [4.78, 5) is 26.7. The van der Waals surface area contributed by atoms with Gasteiger partial charge < -0.3 is 14.7 Å². The average Bonchev–Trinajstić information content (AvgIpc) is 3.20. The highest BCUT2D eigenvalue weighted by molar-refractivity contribution is 7.07. The van der Waals surface area contributed by atoms with E-state index in [4.69, 9.17) is 11.6 Å². The van der Waals surface area contributed by atoms with Gasteiger partial charge in [0.25, 0.3) is 5.91 Å². The molecule has 0 N–H and O–H groups in total. The van der Waals surface area contributed by atoms with Gasteiger partial charge in [0.1, 0.15) is 6.54 Å². The van der Waals surface area contributed by atoms with Crippen molar-refractivity contribution in [2.24, 2.45) is 4.99 Å². The minimum atomic E-state index is -0.616. The van der Waals surface area contributed by atoms with Crippen LogP contribution in [0.4, 0.5) is 5.82 Å². The van der Waals surface area contributed by atoms with Gasteiger partial charge in [-0.25, -0.2) is 0 Å². The second-order valence-electron chi connectivity index (χ2n) is 5.04. The molecule has 0 radical (unpaired) electrons. The molecule has 2 heterocycles. The van der Waals surface area contributed by atoms with Crippen LogP contribution in [0.2, 0.25) is 5.02 Å². The van der Waals surface area contributed by atoms with E-state index in [-0.39, 0.29) is 12.4 Å². The van der Waals surface area contributed by atoms with Gasteiger partial charge in [0, 0.05) is 16.6 Å². The number of benzene rings is 1. The van der Waals surface area contributed by atoms with Crippen molar-refractivity contribution in [1.29, 1.82) is 0 Å². The third kappa shape index (κ3) is 4.20. The van der Waals surface area contributed by atoms with E-state index in [1.807, 2.05) is 34.3 Å².